The molecule has 0 aromatic heterocycles. The summed E-state index contributed by atoms with van der Waals surface area (Å²) in [5.74, 6) is 0. The van der Waals surface area contributed by atoms with E-state index in [0.717, 1.165) is 19.5 Å². The van der Waals surface area contributed by atoms with Crippen molar-refractivity contribution in [1.29, 1.82) is 0 Å². The Morgan fingerprint density at radius 1 is 1.70 bits per heavy atom. The topological polar surface area (TPSA) is 15.6 Å². The molecule has 0 N–H and O–H groups in total. The van der Waals surface area contributed by atoms with Crippen LogP contribution in [0.3, 0.4) is 0 Å². The first-order valence-electron chi connectivity index (χ1n) is 3.64. The van der Waals surface area contributed by atoms with Gasteiger partial charge in [-0.05, 0) is 13.2 Å². The van der Waals surface area contributed by atoms with Gasteiger partial charge >= 0.3 is 0 Å². The van der Waals surface area contributed by atoms with Gasteiger partial charge in [-0.1, -0.05) is 5.47 Å². The maximum absolute atomic E-state index is 4.26. The van der Waals surface area contributed by atoms with E-state index >= 15 is 0 Å². The van der Waals surface area contributed by atoms with Crippen LogP contribution in [-0.4, -0.2) is 38.4 Å². The Bertz CT molecular complexity index is 208. The van der Waals surface area contributed by atoms with Crippen molar-refractivity contribution in [2.45, 2.75) is 6.42 Å². The van der Waals surface area contributed by atoms with Crippen molar-refractivity contribution in [1.82, 2.24) is 4.90 Å². The first-order chi connectivity index (χ1) is 4.86. The van der Waals surface area contributed by atoms with Gasteiger partial charge in [0, 0.05) is 25.2 Å². The lowest BCUT2D eigenvalue weighted by molar-refractivity contribution is 0.355. The summed E-state index contributed by atoms with van der Waals surface area (Å²) in [6.45, 7) is 2.24. The van der Waals surface area contributed by atoms with E-state index in [2.05, 4.69) is 24.2 Å². The number of aliphatic imine (C=N–C) groups is 1. The highest BCUT2D eigenvalue weighted by atomic mass is 15.1. The molecule has 0 saturated carbocycles. The van der Waals surface area contributed by atoms with Gasteiger partial charge in [-0.15, -0.1) is 0 Å². The molecule has 0 amide bonds. The van der Waals surface area contributed by atoms with Crippen molar-refractivity contribution in [3.05, 3.63) is 11.2 Å². The molecule has 3 heteroatoms. The van der Waals surface area contributed by atoms with E-state index in [4.69, 9.17) is 0 Å². The third-order valence-electron chi connectivity index (χ3n) is 2.05. The van der Waals surface area contributed by atoms with Crippen LogP contribution >= 0.6 is 0 Å². The predicted octanol–water partition coefficient (Wildman–Crippen LogP) is 0.280. The molecule has 0 fully saturated rings. The molecule has 1 radical (unpaired) electrons. The fraction of sp³-hybridized carbons (Fsp3) is 0.571. The molecule has 10 heavy (non-hydrogen) atoms. The number of hydrogen-bond acceptors (Lipinski definition) is 2. The number of rotatable bonds is 0. The zero-order chi connectivity index (χ0) is 6.97. The van der Waals surface area contributed by atoms with Crippen LogP contribution in [0.1, 0.15) is 6.42 Å². The molecule has 0 spiro atoms. The maximum Gasteiger partial charge on any atom is 0.205 e. The minimum Gasteiger partial charge on any atom is -0.303 e. The van der Waals surface area contributed by atoms with Crippen molar-refractivity contribution < 1.29 is 0 Å². The lowest BCUT2D eigenvalue weighted by atomic mass is 9.71. The second kappa shape index (κ2) is 2.24. The molecule has 51 valence electrons. The minimum absolute atomic E-state index is 1.08. The Kier molecular flexibility index (Phi) is 1.38. The van der Waals surface area contributed by atoms with Crippen LogP contribution < -0.4 is 0 Å². The smallest absolute Gasteiger partial charge is 0.205 e. The molecule has 0 bridgehead atoms. The number of likely N-dealkylation sites (N-methyl/N-ethyl adjacent to an activating group) is 1. The molecule has 2 rings (SSSR count). The largest absolute Gasteiger partial charge is 0.303 e. The standard InChI is InChI=1S/C7H10BN2/c1-10-3-2-7-6(4-10)8-5-9-7/h5H,2-4H2,1H3. The molecule has 0 atom stereocenters. The van der Waals surface area contributed by atoms with Gasteiger partial charge in [0.05, 0.1) is 0 Å². The summed E-state index contributed by atoms with van der Waals surface area (Å²) >= 11 is 0. The van der Waals surface area contributed by atoms with Gasteiger partial charge in [0.1, 0.15) is 0 Å². The average Bonchev–Trinajstić information content (AvgIpc) is 2.33. The summed E-state index contributed by atoms with van der Waals surface area (Å²) in [6, 6.07) is 0. The molecule has 2 nitrogen and oxygen atoms in total. The Balaban J connectivity index is 2.18. The van der Waals surface area contributed by atoms with Crippen molar-refractivity contribution in [2.24, 2.45) is 4.99 Å². The van der Waals surface area contributed by atoms with Crippen molar-refractivity contribution >= 4 is 13.4 Å². The first-order valence-corrected chi connectivity index (χ1v) is 3.64. The third kappa shape index (κ3) is 0.906. The summed E-state index contributed by atoms with van der Waals surface area (Å²) in [5, 5.41) is 0. The highest BCUT2D eigenvalue weighted by Crippen LogP contribution is 2.19. The molecule has 0 unspecified atom stereocenters. The predicted molar refractivity (Wildman–Crippen MR) is 43.4 cm³/mol. The first kappa shape index (κ1) is 6.16. The van der Waals surface area contributed by atoms with Gasteiger partial charge < -0.3 is 4.90 Å². The quantitative estimate of drug-likeness (QED) is 0.433. The lowest BCUT2D eigenvalue weighted by Gasteiger charge is -2.22. The van der Waals surface area contributed by atoms with Crippen LogP contribution in [0, 0.1) is 0 Å². The maximum atomic E-state index is 4.26. The summed E-state index contributed by atoms with van der Waals surface area (Å²) in [7, 11) is 4.26. The second-order valence-corrected chi connectivity index (χ2v) is 2.90. The lowest BCUT2D eigenvalue weighted by Crippen LogP contribution is -2.28. The van der Waals surface area contributed by atoms with Crippen LogP contribution in [0.5, 0.6) is 0 Å². The fourth-order valence-electron chi connectivity index (χ4n) is 1.43. The molecule has 2 aliphatic rings. The van der Waals surface area contributed by atoms with Gasteiger partial charge in [-0.25, -0.2) is 0 Å². The third-order valence-corrected chi connectivity index (χ3v) is 2.05. The number of nitrogens with zero attached hydrogens (tertiary/aromatic N) is 2. The molecular weight excluding hydrogens is 123 g/mol. The Labute approximate surface area is 61.9 Å². The summed E-state index contributed by atoms with van der Waals surface area (Å²) < 4.78 is 0. The summed E-state index contributed by atoms with van der Waals surface area (Å²) in [6.07, 6.45) is 3.03. The summed E-state index contributed by atoms with van der Waals surface area (Å²) in [4.78, 5) is 6.59. The molecular formula is C7H10BN2. The van der Waals surface area contributed by atoms with E-state index in [1.807, 2.05) is 6.11 Å². The van der Waals surface area contributed by atoms with Crippen LogP contribution in [0.4, 0.5) is 0 Å². The van der Waals surface area contributed by atoms with E-state index in [1.54, 1.807) is 0 Å². The molecule has 2 aliphatic heterocycles. The summed E-state index contributed by atoms with van der Waals surface area (Å²) in [5.41, 5.74) is 2.71. The Hall–Kier alpha value is -0.565. The van der Waals surface area contributed by atoms with Gasteiger partial charge in [0.25, 0.3) is 0 Å². The highest BCUT2D eigenvalue weighted by Gasteiger charge is 2.18. The fourth-order valence-corrected chi connectivity index (χ4v) is 1.43. The molecule has 0 aromatic carbocycles. The van der Waals surface area contributed by atoms with Crippen LogP contribution in [0.2, 0.25) is 0 Å². The zero-order valence-corrected chi connectivity index (χ0v) is 6.17. The Morgan fingerprint density at radius 2 is 2.60 bits per heavy atom. The number of hydrogen-bond donors (Lipinski definition) is 0. The molecule has 0 aromatic rings. The zero-order valence-electron chi connectivity index (χ0n) is 6.17. The molecule has 0 aliphatic carbocycles. The normalized spacial score (nSPS) is 24.9. The SMILES string of the molecule is CN1CCC2=C([B]C=N2)C1. The second-order valence-electron chi connectivity index (χ2n) is 2.90. The van der Waals surface area contributed by atoms with Gasteiger partial charge in [-0.2, -0.15) is 0 Å². The Morgan fingerprint density at radius 3 is 3.50 bits per heavy atom. The van der Waals surface area contributed by atoms with Crippen LogP contribution in [-0.2, 0) is 0 Å². The molecule has 2 heterocycles. The average molecular weight is 133 g/mol. The monoisotopic (exact) mass is 133 g/mol. The van der Waals surface area contributed by atoms with E-state index in [1.165, 1.54) is 11.2 Å². The van der Waals surface area contributed by atoms with E-state index in [0.29, 0.717) is 0 Å². The highest BCUT2D eigenvalue weighted by molar-refractivity contribution is 6.75. The molecule has 0 saturated heterocycles. The van der Waals surface area contributed by atoms with E-state index in [-0.39, 0.29) is 0 Å². The van der Waals surface area contributed by atoms with Gasteiger partial charge in [-0.3, -0.25) is 4.99 Å². The van der Waals surface area contributed by atoms with Crippen molar-refractivity contribution in [3.8, 4) is 0 Å². The van der Waals surface area contributed by atoms with Gasteiger partial charge in [0.2, 0.25) is 7.28 Å². The minimum atomic E-state index is 1.08. The van der Waals surface area contributed by atoms with E-state index in [9.17, 15) is 0 Å². The van der Waals surface area contributed by atoms with Crippen LogP contribution in [0.15, 0.2) is 16.2 Å². The van der Waals surface area contributed by atoms with Crippen molar-refractivity contribution in [3.63, 3.8) is 0 Å². The van der Waals surface area contributed by atoms with Gasteiger partial charge in [0.15, 0.2) is 0 Å². The van der Waals surface area contributed by atoms with Crippen molar-refractivity contribution in [2.75, 3.05) is 20.1 Å². The van der Waals surface area contributed by atoms with Crippen LogP contribution in [0.25, 0.3) is 0 Å². The van der Waals surface area contributed by atoms with E-state index < -0.39 is 0 Å².